The van der Waals surface area contributed by atoms with Crippen LogP contribution in [0.3, 0.4) is 0 Å². The molecule has 30 heavy (non-hydrogen) atoms. The lowest BCUT2D eigenvalue weighted by molar-refractivity contribution is -0.161. The third kappa shape index (κ3) is 6.49. The zero-order valence-corrected chi connectivity index (χ0v) is 19.9. The summed E-state index contributed by atoms with van der Waals surface area (Å²) < 4.78 is 0. The molecular weight excluding hydrogens is 374 g/mol. The third-order valence-corrected chi connectivity index (χ3v) is 6.63. The molecule has 2 saturated heterocycles. The number of piperidine rings is 1. The van der Waals surface area contributed by atoms with E-state index in [1.807, 2.05) is 4.90 Å². The van der Waals surface area contributed by atoms with Crippen LogP contribution in [0.25, 0.3) is 0 Å². The Hall–Kier alpha value is -1.52. The van der Waals surface area contributed by atoms with Gasteiger partial charge in [-0.25, -0.2) is 0 Å². The minimum Gasteiger partial charge on any atom is -0.377 e. The molecule has 0 aromatic rings. The van der Waals surface area contributed by atoms with E-state index in [0.717, 1.165) is 38.8 Å². The number of nitrogens with zero attached hydrogens (tertiary/aromatic N) is 2. The molecule has 0 aromatic heterocycles. The Bertz CT molecular complexity index is 565. The first-order valence-corrected chi connectivity index (χ1v) is 12.5. The summed E-state index contributed by atoms with van der Waals surface area (Å²) in [7, 11) is 0. The van der Waals surface area contributed by atoms with Gasteiger partial charge in [0.25, 0.3) is 0 Å². The van der Waals surface area contributed by atoms with Crippen LogP contribution in [-0.4, -0.2) is 52.8 Å². The van der Waals surface area contributed by atoms with Crippen molar-refractivity contribution in [3.8, 4) is 0 Å². The lowest BCUT2D eigenvalue weighted by Gasteiger charge is -2.51. The molecule has 0 bridgehead atoms. The van der Waals surface area contributed by atoms with Crippen molar-refractivity contribution in [2.75, 3.05) is 19.6 Å². The van der Waals surface area contributed by atoms with Crippen molar-refractivity contribution in [1.29, 1.82) is 0 Å². The maximum Gasteiger partial charge on any atom is 0.246 e. The summed E-state index contributed by atoms with van der Waals surface area (Å²) in [6.07, 6.45) is 16.6. The Morgan fingerprint density at radius 3 is 2.33 bits per heavy atom. The molecule has 1 spiro atoms. The summed E-state index contributed by atoms with van der Waals surface area (Å²) in [5.74, 6) is 0.574. The van der Waals surface area contributed by atoms with Crippen LogP contribution < -0.4 is 5.32 Å². The van der Waals surface area contributed by atoms with Crippen LogP contribution in [0.2, 0.25) is 0 Å². The van der Waals surface area contributed by atoms with Crippen molar-refractivity contribution >= 4 is 11.8 Å². The zero-order valence-electron chi connectivity index (χ0n) is 19.9. The molecule has 0 aromatic carbocycles. The molecule has 2 aliphatic rings. The van der Waals surface area contributed by atoms with Gasteiger partial charge in [0.05, 0.1) is 0 Å². The van der Waals surface area contributed by atoms with Crippen molar-refractivity contribution in [2.24, 2.45) is 5.92 Å². The zero-order chi connectivity index (χ0) is 22.0. The molecule has 2 fully saturated rings. The van der Waals surface area contributed by atoms with Gasteiger partial charge in [0.2, 0.25) is 11.8 Å². The highest BCUT2D eigenvalue weighted by atomic mass is 16.2. The van der Waals surface area contributed by atoms with Gasteiger partial charge in [0.1, 0.15) is 11.6 Å². The van der Waals surface area contributed by atoms with E-state index in [1.165, 1.54) is 38.5 Å². The van der Waals surface area contributed by atoms with Crippen molar-refractivity contribution < 1.29 is 9.59 Å². The highest BCUT2D eigenvalue weighted by molar-refractivity contribution is 6.00. The predicted octanol–water partition coefficient (Wildman–Crippen LogP) is 4.87. The Kier molecular flexibility index (Phi) is 10.2. The van der Waals surface area contributed by atoms with Gasteiger partial charge in [0, 0.05) is 19.6 Å². The topological polar surface area (TPSA) is 52.7 Å². The highest BCUT2D eigenvalue weighted by Gasteiger charge is 2.53. The number of nitrogens with one attached hydrogen (secondary N) is 1. The standard InChI is InChI=1S/C25H45N3O2/c1-5-7-8-9-10-11-12-13-17-27-18-14-25(15-19-27)24(30)26-22(20-21(3)4)23(29)28(25)16-6-2/h13,17,21-22H,5-12,14-16,18-20H2,1-4H3,(H,26,30)/b17-13+. The van der Waals surface area contributed by atoms with Crippen LogP contribution in [0.1, 0.15) is 98.3 Å². The number of carbonyl (C=O) groups is 2. The molecule has 0 aliphatic carbocycles. The molecule has 172 valence electrons. The van der Waals surface area contributed by atoms with Crippen LogP contribution in [0.4, 0.5) is 0 Å². The number of carbonyl (C=O) groups excluding carboxylic acids is 2. The number of allylic oxidation sites excluding steroid dienone is 1. The van der Waals surface area contributed by atoms with E-state index in [-0.39, 0.29) is 17.9 Å². The average molecular weight is 420 g/mol. The van der Waals surface area contributed by atoms with E-state index < -0.39 is 5.54 Å². The number of piperazine rings is 1. The van der Waals surface area contributed by atoms with Crippen molar-refractivity contribution in [3.63, 3.8) is 0 Å². The first-order chi connectivity index (χ1) is 14.4. The molecule has 1 N–H and O–H groups in total. The normalized spacial score (nSPS) is 21.8. The van der Waals surface area contributed by atoms with E-state index in [4.69, 9.17) is 0 Å². The Morgan fingerprint density at radius 2 is 1.70 bits per heavy atom. The monoisotopic (exact) mass is 419 g/mol. The summed E-state index contributed by atoms with van der Waals surface area (Å²) in [5.41, 5.74) is -0.649. The first-order valence-electron chi connectivity index (χ1n) is 12.5. The number of hydrogen-bond donors (Lipinski definition) is 1. The van der Waals surface area contributed by atoms with E-state index >= 15 is 0 Å². The van der Waals surface area contributed by atoms with E-state index in [1.54, 1.807) is 0 Å². The minimum absolute atomic E-state index is 0.0666. The third-order valence-electron chi connectivity index (χ3n) is 6.63. The van der Waals surface area contributed by atoms with Gasteiger partial charge in [-0.3, -0.25) is 9.59 Å². The molecule has 2 heterocycles. The minimum atomic E-state index is -0.649. The molecule has 5 nitrogen and oxygen atoms in total. The van der Waals surface area contributed by atoms with Gasteiger partial charge in [-0.15, -0.1) is 0 Å². The van der Waals surface area contributed by atoms with Gasteiger partial charge in [-0.1, -0.05) is 65.9 Å². The summed E-state index contributed by atoms with van der Waals surface area (Å²) in [6, 6.07) is -0.357. The average Bonchev–Trinajstić information content (AvgIpc) is 2.72. The molecule has 1 atom stereocenters. The molecule has 2 aliphatic heterocycles. The maximum atomic E-state index is 13.2. The second-order valence-electron chi connectivity index (χ2n) is 9.65. The highest BCUT2D eigenvalue weighted by Crippen LogP contribution is 2.34. The molecular formula is C25H45N3O2. The summed E-state index contributed by atoms with van der Waals surface area (Å²) in [5, 5.41) is 3.08. The van der Waals surface area contributed by atoms with Gasteiger partial charge in [0.15, 0.2) is 0 Å². The maximum absolute atomic E-state index is 13.2. The summed E-state index contributed by atoms with van der Waals surface area (Å²) in [6.45, 7) is 10.9. The van der Waals surface area contributed by atoms with Gasteiger partial charge < -0.3 is 15.1 Å². The molecule has 2 amide bonds. The van der Waals surface area contributed by atoms with Gasteiger partial charge in [-0.05, 0) is 50.6 Å². The number of amides is 2. The number of rotatable bonds is 12. The Labute approximate surface area is 184 Å². The quantitative estimate of drug-likeness (QED) is 0.459. The van der Waals surface area contributed by atoms with E-state index in [0.29, 0.717) is 18.9 Å². The predicted molar refractivity (Wildman–Crippen MR) is 124 cm³/mol. The van der Waals surface area contributed by atoms with Crippen molar-refractivity contribution in [1.82, 2.24) is 15.1 Å². The number of hydrogen-bond acceptors (Lipinski definition) is 3. The summed E-state index contributed by atoms with van der Waals surface area (Å²) in [4.78, 5) is 30.6. The smallest absolute Gasteiger partial charge is 0.246 e. The Balaban J connectivity index is 1.87. The van der Waals surface area contributed by atoms with Gasteiger partial charge >= 0.3 is 0 Å². The summed E-state index contributed by atoms with van der Waals surface area (Å²) >= 11 is 0. The van der Waals surface area contributed by atoms with Crippen LogP contribution in [0.5, 0.6) is 0 Å². The fourth-order valence-corrected chi connectivity index (χ4v) is 4.86. The van der Waals surface area contributed by atoms with Crippen LogP contribution in [-0.2, 0) is 9.59 Å². The Morgan fingerprint density at radius 1 is 1.03 bits per heavy atom. The van der Waals surface area contributed by atoms with Crippen molar-refractivity contribution in [3.05, 3.63) is 12.3 Å². The van der Waals surface area contributed by atoms with Crippen molar-refractivity contribution in [2.45, 2.75) is 110 Å². The largest absolute Gasteiger partial charge is 0.377 e. The fraction of sp³-hybridized carbons (Fsp3) is 0.840. The van der Waals surface area contributed by atoms with E-state index in [2.05, 4.69) is 50.2 Å². The second-order valence-corrected chi connectivity index (χ2v) is 9.65. The van der Waals surface area contributed by atoms with E-state index in [9.17, 15) is 9.59 Å². The second kappa shape index (κ2) is 12.4. The molecule has 5 heteroatoms. The van der Waals surface area contributed by atoms with Crippen LogP contribution in [0, 0.1) is 5.92 Å². The SMILES string of the molecule is CCCCCCCC/C=C/N1CCC2(CC1)C(=O)NC(CC(C)C)C(=O)N2CCC. The number of likely N-dealkylation sites (tertiary alicyclic amines) is 1. The molecule has 0 radical (unpaired) electrons. The van der Waals surface area contributed by atoms with Crippen LogP contribution >= 0.6 is 0 Å². The molecule has 0 saturated carbocycles. The lowest BCUT2D eigenvalue weighted by Crippen LogP contribution is -2.72. The van der Waals surface area contributed by atoms with Crippen LogP contribution in [0.15, 0.2) is 12.3 Å². The molecule has 1 unspecified atom stereocenters. The fourth-order valence-electron chi connectivity index (χ4n) is 4.86. The molecule has 2 rings (SSSR count). The number of unbranched alkanes of at least 4 members (excludes halogenated alkanes) is 6. The lowest BCUT2D eigenvalue weighted by atomic mass is 9.81. The first kappa shape index (κ1) is 24.7. The van der Waals surface area contributed by atoms with Gasteiger partial charge in [-0.2, -0.15) is 0 Å².